The van der Waals surface area contributed by atoms with E-state index in [2.05, 4.69) is 25.0 Å². The zero-order valence-corrected chi connectivity index (χ0v) is 18.1. The largest absolute Gasteiger partial charge is 0.368 e. The lowest BCUT2D eigenvalue weighted by Gasteiger charge is -2.36. The van der Waals surface area contributed by atoms with Gasteiger partial charge in [-0.3, -0.25) is 9.20 Å². The first-order chi connectivity index (χ1) is 16.4. The van der Waals surface area contributed by atoms with E-state index in [4.69, 9.17) is 5.73 Å². The second kappa shape index (κ2) is 7.40. The van der Waals surface area contributed by atoms with Gasteiger partial charge in [0.2, 0.25) is 11.7 Å². The number of amides is 1. The number of carbonyl (C=O) groups is 1. The van der Waals surface area contributed by atoms with E-state index in [9.17, 15) is 13.6 Å². The van der Waals surface area contributed by atoms with Crippen LogP contribution < -0.4 is 5.73 Å². The van der Waals surface area contributed by atoms with Crippen molar-refractivity contribution in [3.63, 3.8) is 0 Å². The van der Waals surface area contributed by atoms with Crippen LogP contribution in [0.25, 0.3) is 22.3 Å². The van der Waals surface area contributed by atoms with Crippen molar-refractivity contribution in [1.29, 1.82) is 0 Å². The highest BCUT2D eigenvalue weighted by atomic mass is 19.1. The van der Waals surface area contributed by atoms with Crippen LogP contribution >= 0.6 is 0 Å². The number of anilines is 1. The number of likely N-dealkylation sites (tertiary alicyclic amines) is 1. The highest BCUT2D eigenvalue weighted by Gasteiger charge is 2.33. The Morgan fingerprint density at radius 3 is 2.85 bits per heavy atom. The van der Waals surface area contributed by atoms with Gasteiger partial charge >= 0.3 is 0 Å². The summed E-state index contributed by atoms with van der Waals surface area (Å²) in [6.45, 7) is 2.35. The van der Waals surface area contributed by atoms with Crippen molar-refractivity contribution in [3.05, 3.63) is 59.9 Å². The number of nitrogens with two attached hydrogens (primary N) is 1. The number of hydrogen-bond acceptors (Lipinski definition) is 7. The predicted octanol–water partition coefficient (Wildman–Crippen LogP) is 2.59. The Bertz CT molecular complexity index is 1560. The molecule has 6 rings (SSSR count). The second-order valence-corrected chi connectivity index (χ2v) is 8.49. The van der Waals surface area contributed by atoms with Gasteiger partial charge in [0.05, 0.1) is 5.39 Å². The molecule has 0 unspecified atom stereocenters. The van der Waals surface area contributed by atoms with Gasteiger partial charge in [0.1, 0.15) is 17.0 Å². The van der Waals surface area contributed by atoms with Crippen molar-refractivity contribution in [2.75, 3.05) is 12.3 Å². The molecule has 1 aromatic carbocycles. The fourth-order valence-corrected chi connectivity index (χ4v) is 4.53. The standard InChI is InChI=1S/C22H19F2N9O/c1-11-3-4-12(9-32(11)20(34)16-10-31-6-2-5-26-22(31)27-16)18-29-19-14-7-13(23)8-15(24)17(14)28-21(25)33(19)30-18/h2,5-8,10-12H,3-4,9H2,1H3,(H2,25,28)/t11-,12+/m0/s1. The SMILES string of the molecule is C[C@H]1CC[C@@H](c2nc3c4cc(F)cc(F)c4nc(N)n3n2)CN1C(=O)c1cn2cccnc2n1. The smallest absolute Gasteiger partial charge is 0.274 e. The third-order valence-corrected chi connectivity index (χ3v) is 6.30. The number of halogens is 2. The van der Waals surface area contributed by atoms with E-state index in [1.54, 1.807) is 34.0 Å². The van der Waals surface area contributed by atoms with Gasteiger partial charge in [-0.25, -0.2) is 28.7 Å². The molecule has 1 saturated heterocycles. The number of nitrogen functional groups attached to an aromatic ring is 1. The first kappa shape index (κ1) is 20.4. The van der Waals surface area contributed by atoms with Crippen LogP contribution in [0.5, 0.6) is 0 Å². The van der Waals surface area contributed by atoms with E-state index in [1.807, 2.05) is 6.92 Å². The van der Waals surface area contributed by atoms with Gasteiger partial charge < -0.3 is 10.6 Å². The Balaban J connectivity index is 1.37. The molecule has 1 aliphatic rings. The van der Waals surface area contributed by atoms with Crippen LogP contribution in [0.4, 0.5) is 14.7 Å². The number of nitrogens with zero attached hydrogens (tertiary/aromatic N) is 8. The van der Waals surface area contributed by atoms with Gasteiger partial charge in [-0.2, -0.15) is 4.52 Å². The Morgan fingerprint density at radius 1 is 1.18 bits per heavy atom. The number of fused-ring (bicyclic) bond motifs is 4. The van der Waals surface area contributed by atoms with Crippen LogP contribution in [0.15, 0.2) is 36.8 Å². The first-order valence-corrected chi connectivity index (χ1v) is 10.8. The lowest BCUT2D eigenvalue weighted by Crippen LogP contribution is -2.45. The summed E-state index contributed by atoms with van der Waals surface area (Å²) < 4.78 is 31.1. The summed E-state index contributed by atoms with van der Waals surface area (Å²) in [5.74, 6) is -1.13. The van der Waals surface area contributed by atoms with Crippen molar-refractivity contribution >= 4 is 34.2 Å². The van der Waals surface area contributed by atoms with Crippen LogP contribution in [0.3, 0.4) is 0 Å². The Morgan fingerprint density at radius 2 is 2.03 bits per heavy atom. The maximum Gasteiger partial charge on any atom is 0.274 e. The maximum absolute atomic E-state index is 14.3. The average Bonchev–Trinajstić information content (AvgIpc) is 3.45. The molecule has 172 valence electrons. The van der Waals surface area contributed by atoms with Gasteiger partial charge in [-0.1, -0.05) is 0 Å². The summed E-state index contributed by atoms with van der Waals surface area (Å²) in [5.41, 5.74) is 6.45. The molecular formula is C22H19F2N9O. The fraction of sp³-hybridized carbons (Fsp3) is 0.273. The molecule has 0 aliphatic carbocycles. The van der Waals surface area contributed by atoms with Gasteiger partial charge in [0, 0.05) is 43.2 Å². The highest BCUT2D eigenvalue weighted by molar-refractivity contribution is 5.93. The van der Waals surface area contributed by atoms with Gasteiger partial charge in [0.15, 0.2) is 17.3 Å². The maximum atomic E-state index is 14.3. The molecule has 0 spiro atoms. The van der Waals surface area contributed by atoms with E-state index < -0.39 is 11.6 Å². The molecule has 12 heteroatoms. The minimum absolute atomic E-state index is 0.00527. The minimum Gasteiger partial charge on any atom is -0.368 e. The van der Waals surface area contributed by atoms with Crippen LogP contribution in [0.1, 0.15) is 42.0 Å². The monoisotopic (exact) mass is 463 g/mol. The molecule has 5 aromatic rings. The molecule has 0 saturated carbocycles. The minimum atomic E-state index is -0.820. The molecular weight excluding hydrogens is 444 g/mol. The Hall–Kier alpha value is -4.22. The van der Waals surface area contributed by atoms with Crippen molar-refractivity contribution in [3.8, 4) is 0 Å². The molecule has 2 atom stereocenters. The summed E-state index contributed by atoms with van der Waals surface area (Å²) in [6.07, 6.45) is 6.53. The van der Waals surface area contributed by atoms with E-state index in [-0.39, 0.29) is 40.4 Å². The summed E-state index contributed by atoms with van der Waals surface area (Å²) >= 11 is 0. The predicted molar refractivity (Wildman–Crippen MR) is 118 cm³/mol. The Labute approximate surface area is 191 Å². The van der Waals surface area contributed by atoms with Crippen LogP contribution in [0, 0.1) is 11.6 Å². The van der Waals surface area contributed by atoms with Crippen LogP contribution in [-0.2, 0) is 0 Å². The van der Waals surface area contributed by atoms with Crippen LogP contribution in [-0.4, -0.2) is 57.3 Å². The van der Waals surface area contributed by atoms with Crippen molar-refractivity contribution < 1.29 is 13.6 Å². The zero-order valence-electron chi connectivity index (χ0n) is 18.1. The third kappa shape index (κ3) is 3.13. The molecule has 4 aromatic heterocycles. The first-order valence-electron chi connectivity index (χ1n) is 10.8. The molecule has 2 N–H and O–H groups in total. The average molecular weight is 463 g/mol. The van der Waals surface area contributed by atoms with Gasteiger partial charge in [-0.05, 0) is 31.9 Å². The summed E-state index contributed by atoms with van der Waals surface area (Å²) in [5, 5.41) is 4.66. The van der Waals surface area contributed by atoms with Crippen molar-refractivity contribution in [2.24, 2.45) is 0 Å². The topological polar surface area (TPSA) is 120 Å². The lowest BCUT2D eigenvalue weighted by atomic mass is 9.92. The van der Waals surface area contributed by atoms with E-state index in [0.717, 1.165) is 25.0 Å². The number of carbonyl (C=O) groups excluding carboxylic acids is 1. The summed E-state index contributed by atoms with van der Waals surface area (Å²) in [7, 11) is 0. The lowest BCUT2D eigenvalue weighted by molar-refractivity contribution is 0.0600. The van der Waals surface area contributed by atoms with Gasteiger partial charge in [-0.15, -0.1) is 5.10 Å². The third-order valence-electron chi connectivity index (χ3n) is 6.30. The number of benzene rings is 1. The molecule has 5 heterocycles. The summed E-state index contributed by atoms with van der Waals surface area (Å²) in [6, 6.07) is 3.67. The highest BCUT2D eigenvalue weighted by Crippen LogP contribution is 2.31. The zero-order chi connectivity index (χ0) is 23.6. The molecule has 34 heavy (non-hydrogen) atoms. The second-order valence-electron chi connectivity index (χ2n) is 8.49. The number of aromatic nitrogens is 7. The molecule has 1 fully saturated rings. The summed E-state index contributed by atoms with van der Waals surface area (Å²) in [4.78, 5) is 32.2. The van der Waals surface area contributed by atoms with Crippen molar-refractivity contribution in [1.82, 2.24) is 38.9 Å². The molecule has 1 amide bonds. The quantitative estimate of drug-likeness (QED) is 0.427. The molecule has 1 aliphatic heterocycles. The molecule has 0 radical (unpaired) electrons. The number of piperidine rings is 1. The molecule has 10 nitrogen and oxygen atoms in total. The van der Waals surface area contributed by atoms with Crippen LogP contribution in [0.2, 0.25) is 0 Å². The van der Waals surface area contributed by atoms with Gasteiger partial charge in [0.25, 0.3) is 5.91 Å². The van der Waals surface area contributed by atoms with E-state index in [1.165, 1.54) is 4.52 Å². The normalized spacial score (nSPS) is 18.9. The fourth-order valence-electron chi connectivity index (χ4n) is 4.53. The van der Waals surface area contributed by atoms with E-state index in [0.29, 0.717) is 23.8 Å². The Kier molecular flexibility index (Phi) is 4.44. The molecule has 0 bridgehead atoms. The number of hydrogen-bond donors (Lipinski definition) is 1. The number of rotatable bonds is 2. The van der Waals surface area contributed by atoms with Crippen molar-refractivity contribution in [2.45, 2.75) is 31.7 Å². The van der Waals surface area contributed by atoms with E-state index >= 15 is 0 Å². The number of imidazole rings is 1.